The number of imide groups is 1. The van der Waals surface area contributed by atoms with Crippen LogP contribution in [0.5, 0.6) is 0 Å². The number of benzene rings is 1. The van der Waals surface area contributed by atoms with Crippen molar-refractivity contribution in [2.24, 2.45) is 0 Å². The minimum absolute atomic E-state index is 0.0396. The third kappa shape index (κ3) is 2.84. The number of urea groups is 1. The highest BCUT2D eigenvalue weighted by Crippen LogP contribution is 2.39. The van der Waals surface area contributed by atoms with E-state index in [1.165, 1.54) is 5.56 Å². The second-order valence-corrected chi connectivity index (χ2v) is 7.80. The molecule has 0 radical (unpaired) electrons. The van der Waals surface area contributed by atoms with Crippen LogP contribution in [0.15, 0.2) is 30.3 Å². The minimum atomic E-state index is -0.568. The molecule has 1 atom stereocenters. The molecule has 5 nitrogen and oxygen atoms in total. The molecule has 0 bridgehead atoms. The maximum atomic E-state index is 12.9. The van der Waals surface area contributed by atoms with Gasteiger partial charge in [0.05, 0.1) is 0 Å². The normalized spacial score (nSPS) is 28.0. The molecule has 1 aromatic carbocycles. The fraction of sp³-hybridized carbons (Fsp3) is 0.600. The Balaban J connectivity index is 1.33. The van der Waals surface area contributed by atoms with Crippen molar-refractivity contribution in [3.63, 3.8) is 0 Å². The number of piperidine rings is 1. The molecular weight excluding hydrogens is 314 g/mol. The van der Waals surface area contributed by atoms with Gasteiger partial charge in [-0.05, 0) is 44.6 Å². The van der Waals surface area contributed by atoms with Crippen molar-refractivity contribution in [3.05, 3.63) is 35.9 Å². The predicted octanol–water partition coefficient (Wildman–Crippen LogP) is 2.51. The maximum absolute atomic E-state index is 12.9. The minimum Gasteiger partial charge on any atom is -0.310 e. The van der Waals surface area contributed by atoms with Crippen LogP contribution in [0.1, 0.15) is 38.2 Å². The summed E-state index contributed by atoms with van der Waals surface area (Å²) in [5.74, 6) is 0.0396. The van der Waals surface area contributed by atoms with Gasteiger partial charge >= 0.3 is 6.03 Å². The van der Waals surface area contributed by atoms with Crippen molar-refractivity contribution < 1.29 is 9.59 Å². The van der Waals surface area contributed by atoms with Crippen molar-refractivity contribution in [1.82, 2.24) is 14.7 Å². The maximum Gasteiger partial charge on any atom is 0.327 e. The molecule has 1 aromatic rings. The van der Waals surface area contributed by atoms with E-state index in [4.69, 9.17) is 0 Å². The van der Waals surface area contributed by atoms with Gasteiger partial charge in [0.15, 0.2) is 0 Å². The Labute approximate surface area is 149 Å². The molecule has 3 amide bonds. The molecule has 25 heavy (non-hydrogen) atoms. The summed E-state index contributed by atoms with van der Waals surface area (Å²) in [5.41, 5.74) is 0.796. The van der Waals surface area contributed by atoms with E-state index in [1.807, 2.05) is 13.0 Å². The summed E-state index contributed by atoms with van der Waals surface area (Å²) >= 11 is 0. The lowest BCUT2D eigenvalue weighted by molar-refractivity contribution is -0.134. The molecule has 3 heterocycles. The summed E-state index contributed by atoms with van der Waals surface area (Å²) in [4.78, 5) is 31.4. The third-order valence-corrected chi connectivity index (χ3v) is 6.24. The molecule has 134 valence electrons. The van der Waals surface area contributed by atoms with Crippen LogP contribution in [0.25, 0.3) is 0 Å². The molecule has 0 N–H and O–H groups in total. The fourth-order valence-electron chi connectivity index (χ4n) is 4.62. The molecule has 0 saturated carbocycles. The van der Waals surface area contributed by atoms with Gasteiger partial charge in [0, 0.05) is 32.2 Å². The Morgan fingerprint density at radius 1 is 1.08 bits per heavy atom. The highest BCUT2D eigenvalue weighted by Gasteiger charge is 2.57. The summed E-state index contributed by atoms with van der Waals surface area (Å²) < 4.78 is 0. The van der Waals surface area contributed by atoms with Crippen molar-refractivity contribution >= 4 is 11.9 Å². The van der Waals surface area contributed by atoms with E-state index in [9.17, 15) is 9.59 Å². The zero-order valence-corrected chi connectivity index (χ0v) is 15.0. The van der Waals surface area contributed by atoms with Gasteiger partial charge in [-0.2, -0.15) is 0 Å². The summed E-state index contributed by atoms with van der Waals surface area (Å²) in [5, 5.41) is 0. The number of carbonyl (C=O) groups excluding carboxylic acids is 2. The lowest BCUT2D eigenvalue weighted by Crippen LogP contribution is -2.49. The van der Waals surface area contributed by atoms with E-state index in [0.717, 1.165) is 58.3 Å². The fourth-order valence-corrected chi connectivity index (χ4v) is 4.62. The molecular formula is C20H27N3O2. The van der Waals surface area contributed by atoms with Gasteiger partial charge in [0.2, 0.25) is 0 Å². The standard InChI is InChI=1S/C20H27N3O2/c1-20-11-5-12-22(20)19(25)23(18(20)24)17-9-14-21(15-10-17)13-8-16-6-3-2-4-7-16/h2-4,6-7,17H,5,8-15H2,1H3/t20-/m1/s1. The number of hydrogen-bond donors (Lipinski definition) is 0. The van der Waals surface area contributed by atoms with Gasteiger partial charge in [-0.15, -0.1) is 0 Å². The molecule has 0 unspecified atom stereocenters. The lowest BCUT2D eigenvalue weighted by atomic mass is 9.97. The topological polar surface area (TPSA) is 43.9 Å². The molecule has 3 aliphatic heterocycles. The van der Waals surface area contributed by atoms with Gasteiger partial charge in [-0.3, -0.25) is 9.69 Å². The number of fused-ring (bicyclic) bond motifs is 1. The first-order chi connectivity index (χ1) is 12.1. The van der Waals surface area contributed by atoms with Gasteiger partial charge in [0.25, 0.3) is 5.91 Å². The number of nitrogens with zero attached hydrogens (tertiary/aromatic N) is 3. The molecule has 3 fully saturated rings. The largest absolute Gasteiger partial charge is 0.327 e. The van der Waals surface area contributed by atoms with Crippen LogP contribution in [-0.4, -0.2) is 64.4 Å². The number of rotatable bonds is 4. The quantitative estimate of drug-likeness (QED) is 0.791. The van der Waals surface area contributed by atoms with Crippen molar-refractivity contribution in [2.75, 3.05) is 26.2 Å². The van der Waals surface area contributed by atoms with Crippen LogP contribution < -0.4 is 0 Å². The number of carbonyl (C=O) groups is 2. The van der Waals surface area contributed by atoms with E-state index in [1.54, 1.807) is 9.80 Å². The smallest absolute Gasteiger partial charge is 0.310 e. The molecule has 5 heteroatoms. The third-order valence-electron chi connectivity index (χ3n) is 6.24. The molecule has 4 rings (SSSR count). The Kier molecular flexibility index (Phi) is 4.28. The molecule has 0 spiro atoms. The van der Waals surface area contributed by atoms with E-state index >= 15 is 0 Å². The van der Waals surface area contributed by atoms with Crippen molar-refractivity contribution in [2.45, 2.75) is 50.6 Å². The van der Waals surface area contributed by atoms with Crippen LogP contribution in [0, 0.1) is 0 Å². The van der Waals surface area contributed by atoms with Crippen LogP contribution in [-0.2, 0) is 11.2 Å². The summed E-state index contributed by atoms with van der Waals surface area (Å²) in [6.07, 6.45) is 4.61. The average Bonchev–Trinajstić information content (AvgIpc) is 3.12. The van der Waals surface area contributed by atoms with Crippen LogP contribution >= 0.6 is 0 Å². The van der Waals surface area contributed by atoms with Crippen LogP contribution in [0.2, 0.25) is 0 Å². The number of hydrogen-bond acceptors (Lipinski definition) is 3. The van der Waals surface area contributed by atoms with E-state index in [0.29, 0.717) is 0 Å². The summed E-state index contributed by atoms with van der Waals surface area (Å²) in [6.45, 7) is 5.64. The second kappa shape index (κ2) is 6.45. The molecule has 0 aromatic heterocycles. The summed E-state index contributed by atoms with van der Waals surface area (Å²) in [7, 11) is 0. The zero-order chi connectivity index (χ0) is 17.4. The van der Waals surface area contributed by atoms with Crippen molar-refractivity contribution in [3.8, 4) is 0 Å². The predicted molar refractivity (Wildman–Crippen MR) is 96.2 cm³/mol. The zero-order valence-electron chi connectivity index (χ0n) is 15.0. The van der Waals surface area contributed by atoms with Crippen LogP contribution in [0.4, 0.5) is 4.79 Å². The number of amides is 3. The molecule has 3 saturated heterocycles. The Bertz CT molecular complexity index is 654. The SMILES string of the molecule is C[C@]12CCCN1C(=O)N(C1CCN(CCc3ccccc3)CC1)C2=O. The molecule has 0 aliphatic carbocycles. The molecule has 3 aliphatic rings. The van der Waals surface area contributed by atoms with E-state index < -0.39 is 5.54 Å². The van der Waals surface area contributed by atoms with Gasteiger partial charge in [-0.25, -0.2) is 4.79 Å². The number of likely N-dealkylation sites (tertiary alicyclic amines) is 1. The van der Waals surface area contributed by atoms with E-state index in [-0.39, 0.29) is 18.0 Å². The highest BCUT2D eigenvalue weighted by atomic mass is 16.2. The Hall–Kier alpha value is -1.88. The highest BCUT2D eigenvalue weighted by molar-refractivity contribution is 6.07. The monoisotopic (exact) mass is 341 g/mol. The summed E-state index contributed by atoms with van der Waals surface area (Å²) in [6, 6.07) is 10.6. The van der Waals surface area contributed by atoms with Crippen molar-refractivity contribution in [1.29, 1.82) is 0 Å². The Morgan fingerprint density at radius 2 is 1.80 bits per heavy atom. The Morgan fingerprint density at radius 3 is 2.48 bits per heavy atom. The van der Waals surface area contributed by atoms with Gasteiger partial charge < -0.3 is 9.80 Å². The second-order valence-electron chi connectivity index (χ2n) is 7.80. The van der Waals surface area contributed by atoms with E-state index in [2.05, 4.69) is 29.2 Å². The first kappa shape index (κ1) is 16.6. The average molecular weight is 341 g/mol. The first-order valence-electron chi connectivity index (χ1n) is 9.51. The van der Waals surface area contributed by atoms with Gasteiger partial charge in [-0.1, -0.05) is 30.3 Å². The lowest BCUT2D eigenvalue weighted by Gasteiger charge is -2.35. The first-order valence-corrected chi connectivity index (χ1v) is 9.51. The van der Waals surface area contributed by atoms with Gasteiger partial charge in [0.1, 0.15) is 5.54 Å². The van der Waals surface area contributed by atoms with Crippen LogP contribution in [0.3, 0.4) is 0 Å².